The van der Waals surface area contributed by atoms with E-state index in [2.05, 4.69) is 4.74 Å². The van der Waals surface area contributed by atoms with Gasteiger partial charge in [0.05, 0.1) is 13.0 Å². The molecule has 0 amide bonds. The summed E-state index contributed by atoms with van der Waals surface area (Å²) >= 11 is 0. The van der Waals surface area contributed by atoms with Crippen LogP contribution >= 0.6 is 0 Å². The SMILES string of the molecule is COC(=O)[C@H]1CCN(C2CC(F)(F)C2)C1. The summed E-state index contributed by atoms with van der Waals surface area (Å²) in [6, 6.07) is -0.0327. The number of ether oxygens (including phenoxy) is 1. The van der Waals surface area contributed by atoms with Crippen LogP contribution in [0.2, 0.25) is 0 Å². The Bertz CT molecular complexity index is 262. The lowest BCUT2D eigenvalue weighted by Gasteiger charge is -2.40. The molecule has 2 fully saturated rings. The van der Waals surface area contributed by atoms with E-state index in [1.54, 1.807) is 0 Å². The van der Waals surface area contributed by atoms with Gasteiger partial charge in [-0.3, -0.25) is 9.69 Å². The van der Waals surface area contributed by atoms with Crippen LogP contribution in [0.5, 0.6) is 0 Å². The van der Waals surface area contributed by atoms with E-state index in [4.69, 9.17) is 0 Å². The van der Waals surface area contributed by atoms with E-state index >= 15 is 0 Å². The number of likely N-dealkylation sites (tertiary alicyclic amines) is 1. The maximum atomic E-state index is 12.6. The fourth-order valence-corrected chi connectivity index (χ4v) is 2.37. The van der Waals surface area contributed by atoms with E-state index in [1.165, 1.54) is 7.11 Å². The number of carbonyl (C=O) groups excluding carboxylic acids is 1. The van der Waals surface area contributed by atoms with Gasteiger partial charge in [-0.15, -0.1) is 0 Å². The summed E-state index contributed by atoms with van der Waals surface area (Å²) in [6.45, 7) is 1.31. The van der Waals surface area contributed by atoms with Crippen LogP contribution in [-0.2, 0) is 9.53 Å². The fraction of sp³-hybridized carbons (Fsp3) is 0.900. The minimum absolute atomic E-state index is 0.0327. The second-order valence-electron chi connectivity index (χ2n) is 4.42. The Balaban J connectivity index is 1.81. The molecule has 0 aromatic heterocycles. The van der Waals surface area contributed by atoms with E-state index in [1.807, 2.05) is 4.90 Å². The zero-order valence-electron chi connectivity index (χ0n) is 8.71. The molecule has 0 bridgehead atoms. The summed E-state index contributed by atoms with van der Waals surface area (Å²) in [4.78, 5) is 13.2. The molecule has 1 atom stereocenters. The van der Waals surface area contributed by atoms with Crippen molar-refractivity contribution in [3.8, 4) is 0 Å². The van der Waals surface area contributed by atoms with E-state index < -0.39 is 5.92 Å². The number of halogens is 2. The third-order valence-electron chi connectivity index (χ3n) is 3.34. The van der Waals surface area contributed by atoms with Crippen molar-refractivity contribution < 1.29 is 18.3 Å². The van der Waals surface area contributed by atoms with Gasteiger partial charge >= 0.3 is 5.97 Å². The van der Waals surface area contributed by atoms with Gasteiger partial charge in [0.15, 0.2) is 0 Å². The average Bonchev–Trinajstić information content (AvgIpc) is 2.61. The quantitative estimate of drug-likeness (QED) is 0.655. The smallest absolute Gasteiger partial charge is 0.310 e. The topological polar surface area (TPSA) is 29.5 Å². The third kappa shape index (κ3) is 2.12. The predicted octanol–water partition coefficient (Wildman–Crippen LogP) is 1.28. The summed E-state index contributed by atoms with van der Waals surface area (Å²) in [5, 5.41) is 0. The highest BCUT2D eigenvalue weighted by atomic mass is 19.3. The number of hydrogen-bond acceptors (Lipinski definition) is 3. The van der Waals surface area contributed by atoms with Crippen LogP contribution in [0, 0.1) is 5.92 Å². The fourth-order valence-electron chi connectivity index (χ4n) is 2.37. The molecule has 1 aliphatic heterocycles. The van der Waals surface area contributed by atoms with Crippen LogP contribution in [0.4, 0.5) is 8.78 Å². The van der Waals surface area contributed by atoms with Crippen LogP contribution in [0.15, 0.2) is 0 Å². The van der Waals surface area contributed by atoms with Gasteiger partial charge in [-0.25, -0.2) is 8.78 Å². The van der Waals surface area contributed by atoms with E-state index in [0.717, 1.165) is 13.0 Å². The second-order valence-corrected chi connectivity index (χ2v) is 4.42. The molecular formula is C10H15F2NO2. The van der Waals surface area contributed by atoms with E-state index in [0.29, 0.717) is 6.54 Å². The van der Waals surface area contributed by atoms with Gasteiger partial charge in [0, 0.05) is 25.4 Å². The van der Waals surface area contributed by atoms with Crippen molar-refractivity contribution in [2.24, 2.45) is 5.92 Å². The van der Waals surface area contributed by atoms with Crippen LogP contribution in [-0.4, -0.2) is 43.0 Å². The molecule has 15 heavy (non-hydrogen) atoms. The summed E-state index contributed by atoms with van der Waals surface area (Å²) in [5.41, 5.74) is 0. The first kappa shape index (κ1) is 10.8. The molecule has 3 nitrogen and oxygen atoms in total. The maximum Gasteiger partial charge on any atom is 0.310 e. The first-order valence-corrected chi connectivity index (χ1v) is 5.21. The average molecular weight is 219 g/mol. The van der Waals surface area contributed by atoms with Crippen molar-refractivity contribution in [3.05, 3.63) is 0 Å². The monoisotopic (exact) mass is 219 g/mol. The molecule has 0 unspecified atom stereocenters. The van der Waals surface area contributed by atoms with Gasteiger partial charge in [0.1, 0.15) is 0 Å². The lowest BCUT2D eigenvalue weighted by atomic mass is 9.87. The molecule has 0 aromatic rings. The number of esters is 1. The van der Waals surface area contributed by atoms with Crippen LogP contribution in [0.3, 0.4) is 0 Å². The Hall–Kier alpha value is -0.710. The minimum Gasteiger partial charge on any atom is -0.469 e. The molecule has 0 aromatic carbocycles. The highest BCUT2D eigenvalue weighted by Crippen LogP contribution is 2.41. The van der Waals surface area contributed by atoms with Crippen LogP contribution < -0.4 is 0 Å². The Morgan fingerprint density at radius 1 is 1.47 bits per heavy atom. The molecule has 86 valence electrons. The number of hydrogen-bond donors (Lipinski definition) is 0. The first-order valence-electron chi connectivity index (χ1n) is 5.21. The standard InChI is InChI=1S/C10H15F2NO2/c1-15-9(14)7-2-3-13(6-7)8-4-10(11,12)5-8/h7-8H,2-6H2,1H3/t7-/m0/s1. The first-order chi connectivity index (χ1) is 7.02. The third-order valence-corrected chi connectivity index (χ3v) is 3.34. The van der Waals surface area contributed by atoms with Crippen molar-refractivity contribution >= 4 is 5.97 Å². The number of alkyl halides is 2. The Morgan fingerprint density at radius 3 is 2.67 bits per heavy atom. The molecule has 1 aliphatic carbocycles. The molecule has 2 aliphatic rings. The van der Waals surface area contributed by atoms with E-state index in [9.17, 15) is 13.6 Å². The van der Waals surface area contributed by atoms with Crippen molar-refractivity contribution in [1.82, 2.24) is 4.90 Å². The van der Waals surface area contributed by atoms with Crippen LogP contribution in [0.1, 0.15) is 19.3 Å². The van der Waals surface area contributed by atoms with Crippen molar-refractivity contribution in [2.45, 2.75) is 31.2 Å². The highest BCUT2D eigenvalue weighted by molar-refractivity contribution is 5.72. The highest BCUT2D eigenvalue weighted by Gasteiger charge is 2.49. The Morgan fingerprint density at radius 2 is 2.13 bits per heavy atom. The molecule has 5 heteroatoms. The summed E-state index contributed by atoms with van der Waals surface area (Å²) in [6.07, 6.45) is 0.622. The molecule has 1 saturated heterocycles. The Kier molecular flexibility index (Phi) is 2.66. The second kappa shape index (κ2) is 3.70. The number of carbonyl (C=O) groups is 1. The molecule has 1 saturated carbocycles. The zero-order valence-corrected chi connectivity index (χ0v) is 8.71. The maximum absolute atomic E-state index is 12.6. The van der Waals surface area contributed by atoms with Crippen molar-refractivity contribution in [2.75, 3.05) is 20.2 Å². The van der Waals surface area contributed by atoms with Gasteiger partial charge in [-0.2, -0.15) is 0 Å². The van der Waals surface area contributed by atoms with Gasteiger partial charge in [-0.1, -0.05) is 0 Å². The van der Waals surface area contributed by atoms with Gasteiger partial charge < -0.3 is 4.74 Å². The largest absolute Gasteiger partial charge is 0.469 e. The zero-order chi connectivity index (χ0) is 11.1. The summed E-state index contributed by atoms with van der Waals surface area (Å²) < 4.78 is 29.9. The number of rotatable bonds is 2. The van der Waals surface area contributed by atoms with Gasteiger partial charge in [0.25, 0.3) is 5.92 Å². The molecule has 0 N–H and O–H groups in total. The minimum atomic E-state index is -2.48. The lowest BCUT2D eigenvalue weighted by molar-refractivity contribution is -0.145. The number of methoxy groups -OCH3 is 1. The lowest BCUT2D eigenvalue weighted by Crippen LogP contribution is -2.50. The predicted molar refractivity (Wildman–Crippen MR) is 49.7 cm³/mol. The molecule has 0 spiro atoms. The van der Waals surface area contributed by atoms with Gasteiger partial charge in [-0.05, 0) is 13.0 Å². The van der Waals surface area contributed by atoms with Crippen LogP contribution in [0.25, 0.3) is 0 Å². The summed E-state index contributed by atoms with van der Waals surface area (Å²) in [7, 11) is 1.36. The van der Waals surface area contributed by atoms with Gasteiger partial charge in [0.2, 0.25) is 0 Å². The molecule has 0 radical (unpaired) electrons. The Labute approximate surface area is 87.4 Å². The summed E-state index contributed by atoms with van der Waals surface area (Å²) in [5.74, 6) is -2.82. The molecular weight excluding hydrogens is 204 g/mol. The van der Waals surface area contributed by atoms with Crippen molar-refractivity contribution in [1.29, 1.82) is 0 Å². The van der Waals surface area contributed by atoms with E-state index in [-0.39, 0.29) is 30.8 Å². The number of nitrogens with zero attached hydrogens (tertiary/aromatic N) is 1. The van der Waals surface area contributed by atoms with Crippen molar-refractivity contribution in [3.63, 3.8) is 0 Å². The molecule has 1 heterocycles. The normalized spacial score (nSPS) is 31.3. The molecule has 2 rings (SSSR count).